The SMILES string of the molecule is CCNC(=NCc1cc(F)ccc1CS(C)(=O)=O)NCC(C)c1ccccc1OC. The Balaban J connectivity index is 2.14. The van der Waals surface area contributed by atoms with E-state index in [-0.39, 0.29) is 18.2 Å². The number of sulfone groups is 1. The summed E-state index contributed by atoms with van der Waals surface area (Å²) in [6.07, 6.45) is 1.16. The number of nitrogens with zero attached hydrogens (tertiary/aromatic N) is 1. The third kappa shape index (κ3) is 7.33. The zero-order valence-electron chi connectivity index (χ0n) is 17.9. The largest absolute Gasteiger partial charge is 0.496 e. The molecule has 0 fully saturated rings. The van der Waals surface area contributed by atoms with Crippen molar-refractivity contribution < 1.29 is 17.5 Å². The van der Waals surface area contributed by atoms with E-state index in [1.54, 1.807) is 7.11 Å². The molecule has 0 aliphatic rings. The van der Waals surface area contributed by atoms with Crippen LogP contribution in [0.1, 0.15) is 36.5 Å². The van der Waals surface area contributed by atoms with E-state index in [2.05, 4.69) is 22.5 Å². The smallest absolute Gasteiger partial charge is 0.191 e. The Morgan fingerprint density at radius 1 is 1.17 bits per heavy atom. The lowest BCUT2D eigenvalue weighted by atomic mass is 10.0. The molecule has 1 unspecified atom stereocenters. The molecule has 0 bridgehead atoms. The highest BCUT2D eigenvalue weighted by molar-refractivity contribution is 7.89. The van der Waals surface area contributed by atoms with E-state index in [9.17, 15) is 12.8 Å². The van der Waals surface area contributed by atoms with Crippen molar-refractivity contribution in [3.63, 3.8) is 0 Å². The zero-order valence-corrected chi connectivity index (χ0v) is 18.7. The fraction of sp³-hybridized carbons (Fsp3) is 0.409. The van der Waals surface area contributed by atoms with Gasteiger partial charge in [-0.3, -0.25) is 0 Å². The summed E-state index contributed by atoms with van der Waals surface area (Å²) >= 11 is 0. The molecule has 0 heterocycles. The second kappa shape index (κ2) is 11.0. The third-order valence-corrected chi connectivity index (χ3v) is 5.42. The lowest BCUT2D eigenvalue weighted by Gasteiger charge is -2.18. The molecule has 2 aromatic carbocycles. The maximum Gasteiger partial charge on any atom is 0.191 e. The Morgan fingerprint density at radius 3 is 2.57 bits per heavy atom. The van der Waals surface area contributed by atoms with Crippen LogP contribution in [0.2, 0.25) is 0 Å². The Labute approximate surface area is 178 Å². The van der Waals surface area contributed by atoms with Crippen LogP contribution in [0.4, 0.5) is 4.39 Å². The van der Waals surface area contributed by atoms with Gasteiger partial charge in [-0.2, -0.15) is 0 Å². The third-order valence-electron chi connectivity index (χ3n) is 4.58. The first-order chi connectivity index (χ1) is 14.2. The second-order valence-electron chi connectivity index (χ2n) is 7.20. The van der Waals surface area contributed by atoms with Crippen LogP contribution in [0.25, 0.3) is 0 Å². The number of nitrogens with one attached hydrogen (secondary N) is 2. The van der Waals surface area contributed by atoms with Crippen molar-refractivity contribution in [3.05, 3.63) is 65.0 Å². The maximum absolute atomic E-state index is 13.7. The number of rotatable bonds is 9. The van der Waals surface area contributed by atoms with Crippen LogP contribution < -0.4 is 15.4 Å². The van der Waals surface area contributed by atoms with Gasteiger partial charge in [-0.1, -0.05) is 31.2 Å². The molecule has 164 valence electrons. The molecular formula is C22H30FN3O3S. The van der Waals surface area contributed by atoms with Crippen molar-refractivity contribution >= 4 is 15.8 Å². The number of hydrogen-bond acceptors (Lipinski definition) is 4. The number of halogens is 1. The summed E-state index contributed by atoms with van der Waals surface area (Å²) in [7, 11) is -1.58. The predicted molar refractivity (Wildman–Crippen MR) is 119 cm³/mol. The molecule has 2 aromatic rings. The van der Waals surface area contributed by atoms with E-state index in [1.807, 2.05) is 31.2 Å². The van der Waals surface area contributed by atoms with Crippen molar-refractivity contribution in [2.75, 3.05) is 26.5 Å². The van der Waals surface area contributed by atoms with Crippen molar-refractivity contribution in [2.24, 2.45) is 4.99 Å². The van der Waals surface area contributed by atoms with Crippen LogP contribution in [0.3, 0.4) is 0 Å². The minimum atomic E-state index is -3.23. The molecular weight excluding hydrogens is 405 g/mol. The second-order valence-corrected chi connectivity index (χ2v) is 9.34. The molecule has 0 aliphatic heterocycles. The van der Waals surface area contributed by atoms with E-state index in [0.717, 1.165) is 17.6 Å². The van der Waals surface area contributed by atoms with Gasteiger partial charge >= 0.3 is 0 Å². The van der Waals surface area contributed by atoms with Gasteiger partial charge in [-0.15, -0.1) is 0 Å². The highest BCUT2D eigenvalue weighted by atomic mass is 32.2. The average molecular weight is 436 g/mol. The summed E-state index contributed by atoms with van der Waals surface area (Å²) in [6, 6.07) is 12.0. The van der Waals surface area contributed by atoms with E-state index >= 15 is 0 Å². The molecule has 0 saturated carbocycles. The predicted octanol–water partition coefficient (Wildman–Crippen LogP) is 3.24. The molecule has 0 aliphatic carbocycles. The van der Waals surface area contributed by atoms with Gasteiger partial charge < -0.3 is 15.4 Å². The summed E-state index contributed by atoms with van der Waals surface area (Å²) in [5, 5.41) is 6.46. The number of ether oxygens (including phenoxy) is 1. The van der Waals surface area contributed by atoms with Gasteiger partial charge in [0.2, 0.25) is 0 Å². The van der Waals surface area contributed by atoms with Gasteiger partial charge in [-0.05, 0) is 41.8 Å². The minimum absolute atomic E-state index is 0.146. The van der Waals surface area contributed by atoms with Gasteiger partial charge in [0.25, 0.3) is 0 Å². The standard InChI is InChI=1S/C22H30FN3O3S/c1-5-24-22(25-13-16(2)20-8-6-7-9-21(20)29-3)26-14-18-12-19(23)11-10-17(18)15-30(4,27)28/h6-12,16H,5,13-15H2,1-4H3,(H2,24,25,26). The monoisotopic (exact) mass is 435 g/mol. The van der Waals surface area contributed by atoms with Crippen molar-refractivity contribution in [1.29, 1.82) is 0 Å². The Kier molecular flexibility index (Phi) is 8.65. The number of hydrogen-bond donors (Lipinski definition) is 2. The molecule has 8 heteroatoms. The number of aliphatic imine (C=N–C) groups is 1. The van der Waals surface area contributed by atoms with Gasteiger partial charge in [0.15, 0.2) is 15.8 Å². The van der Waals surface area contributed by atoms with Crippen LogP contribution in [0.5, 0.6) is 5.75 Å². The quantitative estimate of drug-likeness (QED) is 0.467. The maximum atomic E-state index is 13.7. The van der Waals surface area contributed by atoms with Gasteiger partial charge in [-0.25, -0.2) is 17.8 Å². The van der Waals surface area contributed by atoms with Crippen LogP contribution in [-0.4, -0.2) is 40.8 Å². The van der Waals surface area contributed by atoms with Crippen molar-refractivity contribution in [2.45, 2.75) is 32.1 Å². The van der Waals surface area contributed by atoms with Gasteiger partial charge in [0, 0.05) is 25.3 Å². The summed E-state index contributed by atoms with van der Waals surface area (Å²) in [6.45, 7) is 5.49. The van der Waals surface area contributed by atoms with Gasteiger partial charge in [0.05, 0.1) is 19.4 Å². The molecule has 30 heavy (non-hydrogen) atoms. The number of para-hydroxylation sites is 1. The molecule has 0 saturated heterocycles. The molecule has 0 amide bonds. The fourth-order valence-corrected chi connectivity index (χ4v) is 3.95. The first kappa shape index (κ1) is 23.7. The molecule has 0 radical (unpaired) electrons. The van der Waals surface area contributed by atoms with Crippen LogP contribution in [-0.2, 0) is 22.1 Å². The summed E-state index contributed by atoms with van der Waals surface area (Å²) in [5.74, 6) is 1.01. The first-order valence-electron chi connectivity index (χ1n) is 9.83. The summed E-state index contributed by atoms with van der Waals surface area (Å²) in [4.78, 5) is 4.53. The minimum Gasteiger partial charge on any atom is -0.496 e. The highest BCUT2D eigenvalue weighted by Crippen LogP contribution is 2.25. The molecule has 0 aromatic heterocycles. The number of benzene rings is 2. The van der Waals surface area contributed by atoms with Crippen molar-refractivity contribution in [3.8, 4) is 5.75 Å². The molecule has 0 spiro atoms. The number of methoxy groups -OCH3 is 1. The molecule has 2 rings (SSSR count). The van der Waals surface area contributed by atoms with E-state index in [0.29, 0.717) is 30.2 Å². The lowest BCUT2D eigenvalue weighted by Crippen LogP contribution is -2.39. The zero-order chi connectivity index (χ0) is 22.1. The molecule has 1 atom stereocenters. The van der Waals surface area contributed by atoms with E-state index in [4.69, 9.17) is 4.74 Å². The Bertz CT molecular complexity index is 977. The highest BCUT2D eigenvalue weighted by Gasteiger charge is 2.13. The fourth-order valence-electron chi connectivity index (χ4n) is 3.10. The lowest BCUT2D eigenvalue weighted by molar-refractivity contribution is 0.406. The van der Waals surface area contributed by atoms with Crippen LogP contribution >= 0.6 is 0 Å². The Hall–Kier alpha value is -2.61. The summed E-state index contributed by atoms with van der Waals surface area (Å²) < 4.78 is 42.5. The normalized spacial score (nSPS) is 13.0. The summed E-state index contributed by atoms with van der Waals surface area (Å²) in [5.41, 5.74) is 2.19. The van der Waals surface area contributed by atoms with Crippen LogP contribution in [0, 0.1) is 5.82 Å². The number of guanidine groups is 1. The van der Waals surface area contributed by atoms with Crippen molar-refractivity contribution in [1.82, 2.24) is 10.6 Å². The van der Waals surface area contributed by atoms with Gasteiger partial charge in [0.1, 0.15) is 11.6 Å². The van der Waals surface area contributed by atoms with Crippen LogP contribution in [0.15, 0.2) is 47.5 Å². The van der Waals surface area contributed by atoms with E-state index in [1.165, 1.54) is 18.2 Å². The van der Waals surface area contributed by atoms with E-state index < -0.39 is 15.7 Å². The first-order valence-corrected chi connectivity index (χ1v) is 11.9. The topological polar surface area (TPSA) is 79.8 Å². The molecule has 2 N–H and O–H groups in total. The Morgan fingerprint density at radius 2 is 1.90 bits per heavy atom. The average Bonchev–Trinajstić information content (AvgIpc) is 2.70. The molecule has 6 nitrogen and oxygen atoms in total.